The zero-order valence-electron chi connectivity index (χ0n) is 19.4. The van der Waals surface area contributed by atoms with E-state index in [0.717, 1.165) is 49.8 Å². The smallest absolute Gasteiger partial charge is 0.232 e. The molecule has 3 nitrogen and oxygen atoms in total. The van der Waals surface area contributed by atoms with Gasteiger partial charge in [-0.3, -0.25) is 4.79 Å². The summed E-state index contributed by atoms with van der Waals surface area (Å²) < 4.78 is 0. The Hall–Kier alpha value is -2.62. The molecule has 33 heavy (non-hydrogen) atoms. The van der Waals surface area contributed by atoms with Crippen LogP contribution in [-0.2, 0) is 16.6 Å². The van der Waals surface area contributed by atoms with Crippen molar-refractivity contribution < 1.29 is 4.79 Å². The first-order chi connectivity index (χ1) is 15.6. The zero-order valence-corrected chi connectivity index (χ0v) is 20.2. The van der Waals surface area contributed by atoms with Gasteiger partial charge in [-0.15, -0.1) is 12.4 Å². The van der Waals surface area contributed by atoms with Crippen molar-refractivity contribution in [1.82, 2.24) is 4.90 Å². The monoisotopic (exact) mass is 462 g/mol. The quantitative estimate of drug-likeness (QED) is 0.449. The number of primary amides is 1. The summed E-state index contributed by atoms with van der Waals surface area (Å²) in [6.45, 7) is 1.06. The molecule has 2 N–H and O–H groups in total. The molecule has 3 aromatic rings. The zero-order chi connectivity index (χ0) is 22.4. The highest BCUT2D eigenvalue weighted by Crippen LogP contribution is 2.47. The molecule has 1 saturated carbocycles. The van der Waals surface area contributed by atoms with Crippen molar-refractivity contribution in [2.75, 3.05) is 13.6 Å². The number of nitrogens with two attached hydrogens (primary N) is 1. The Labute approximate surface area is 204 Å². The molecule has 4 heteroatoms. The lowest BCUT2D eigenvalue weighted by Gasteiger charge is -2.38. The maximum atomic E-state index is 13.2. The molecule has 0 radical (unpaired) electrons. The molecule has 174 valence electrons. The number of amides is 1. The molecule has 0 aromatic heterocycles. The third kappa shape index (κ3) is 5.31. The van der Waals surface area contributed by atoms with Crippen LogP contribution in [0.3, 0.4) is 0 Å². The molecule has 0 spiro atoms. The molecule has 2 unspecified atom stereocenters. The van der Waals surface area contributed by atoms with E-state index in [-0.39, 0.29) is 24.2 Å². The predicted molar refractivity (Wildman–Crippen MR) is 139 cm³/mol. The number of hydrogen-bond acceptors (Lipinski definition) is 2. The van der Waals surface area contributed by atoms with E-state index in [1.165, 1.54) is 5.56 Å². The van der Waals surface area contributed by atoms with Crippen molar-refractivity contribution in [3.05, 3.63) is 108 Å². The first-order valence-electron chi connectivity index (χ1n) is 11.8. The summed E-state index contributed by atoms with van der Waals surface area (Å²) in [6.07, 6.45) is 5.32. The maximum Gasteiger partial charge on any atom is 0.232 e. The van der Waals surface area contributed by atoms with Crippen LogP contribution in [0.15, 0.2) is 91.0 Å². The molecule has 0 bridgehead atoms. The number of carbonyl (C=O) groups excluding carboxylic acids is 1. The summed E-state index contributed by atoms with van der Waals surface area (Å²) in [6, 6.07) is 31.5. The fraction of sp³-hybridized carbons (Fsp3) is 0.345. The van der Waals surface area contributed by atoms with E-state index < -0.39 is 5.41 Å². The first-order valence-corrected chi connectivity index (χ1v) is 11.8. The number of aryl methyl sites for hydroxylation is 1. The third-order valence-corrected chi connectivity index (χ3v) is 7.31. The minimum atomic E-state index is -0.790. The highest BCUT2D eigenvalue weighted by Gasteiger charge is 2.50. The van der Waals surface area contributed by atoms with Gasteiger partial charge in [0.05, 0.1) is 0 Å². The van der Waals surface area contributed by atoms with E-state index in [2.05, 4.69) is 66.5 Å². The van der Waals surface area contributed by atoms with Crippen molar-refractivity contribution in [3.63, 3.8) is 0 Å². The number of nitrogens with zero attached hydrogens (tertiary/aromatic N) is 1. The van der Waals surface area contributed by atoms with Crippen molar-refractivity contribution in [2.45, 2.75) is 43.6 Å². The lowest BCUT2D eigenvalue weighted by molar-refractivity contribution is -0.123. The van der Waals surface area contributed by atoms with Gasteiger partial charge in [-0.05, 0) is 68.3 Å². The lowest BCUT2D eigenvalue weighted by atomic mass is 9.64. The van der Waals surface area contributed by atoms with Crippen LogP contribution in [-0.4, -0.2) is 30.4 Å². The normalized spacial score (nSPS) is 18.1. The highest BCUT2D eigenvalue weighted by molar-refractivity contribution is 5.91. The second-order valence-electron chi connectivity index (χ2n) is 9.14. The second kappa shape index (κ2) is 11.5. The largest absolute Gasteiger partial charge is 0.369 e. The molecule has 4 rings (SSSR count). The Kier molecular flexibility index (Phi) is 8.71. The molecular formula is C29H35ClN2O. The summed E-state index contributed by atoms with van der Waals surface area (Å²) in [5.41, 5.74) is 8.85. The standard InChI is InChI=1S/C29H34N2O.ClH/c1-31(21-11-14-23-12-5-2-6-13-23)27-20-19-26(22-27)29(28(30)32,24-15-7-3-8-16-24)25-17-9-4-10-18-25;/h2-10,12-13,15-18,26-27H,11,14,19-22H2,1H3,(H2,30,32);1H. The predicted octanol–water partition coefficient (Wildman–Crippen LogP) is 5.61. The lowest BCUT2D eigenvalue weighted by Crippen LogP contribution is -2.48. The van der Waals surface area contributed by atoms with Crippen LogP contribution in [0.2, 0.25) is 0 Å². The average Bonchev–Trinajstić information content (AvgIpc) is 3.32. The molecule has 1 amide bonds. The topological polar surface area (TPSA) is 46.3 Å². The molecule has 1 aliphatic rings. The van der Waals surface area contributed by atoms with E-state index in [1.807, 2.05) is 36.4 Å². The van der Waals surface area contributed by atoms with E-state index in [4.69, 9.17) is 5.73 Å². The third-order valence-electron chi connectivity index (χ3n) is 7.31. The van der Waals surface area contributed by atoms with Crippen LogP contribution < -0.4 is 5.73 Å². The van der Waals surface area contributed by atoms with Crippen molar-refractivity contribution in [1.29, 1.82) is 0 Å². The van der Waals surface area contributed by atoms with E-state index in [0.29, 0.717) is 6.04 Å². The first kappa shape index (κ1) is 25.0. The van der Waals surface area contributed by atoms with Gasteiger partial charge in [-0.2, -0.15) is 0 Å². The van der Waals surface area contributed by atoms with Crippen LogP contribution >= 0.6 is 12.4 Å². The summed E-state index contributed by atoms with van der Waals surface area (Å²) in [7, 11) is 2.23. The van der Waals surface area contributed by atoms with Gasteiger partial charge in [0.15, 0.2) is 0 Å². The Morgan fingerprint density at radius 3 is 1.91 bits per heavy atom. The summed E-state index contributed by atoms with van der Waals surface area (Å²) in [4.78, 5) is 15.7. The van der Waals surface area contributed by atoms with Crippen LogP contribution in [0.1, 0.15) is 42.4 Å². The van der Waals surface area contributed by atoms with E-state index >= 15 is 0 Å². The van der Waals surface area contributed by atoms with Crippen LogP contribution in [0.5, 0.6) is 0 Å². The van der Waals surface area contributed by atoms with E-state index in [9.17, 15) is 4.79 Å². The van der Waals surface area contributed by atoms with Crippen molar-refractivity contribution in [2.24, 2.45) is 11.7 Å². The fourth-order valence-corrected chi connectivity index (χ4v) is 5.64. The summed E-state index contributed by atoms with van der Waals surface area (Å²) >= 11 is 0. The highest BCUT2D eigenvalue weighted by atomic mass is 35.5. The van der Waals surface area contributed by atoms with Crippen molar-refractivity contribution in [3.8, 4) is 0 Å². The van der Waals surface area contributed by atoms with Crippen LogP contribution in [0.25, 0.3) is 0 Å². The molecule has 1 fully saturated rings. The number of hydrogen-bond donors (Lipinski definition) is 1. The fourth-order valence-electron chi connectivity index (χ4n) is 5.64. The number of benzene rings is 3. The van der Waals surface area contributed by atoms with Gasteiger partial charge in [-0.25, -0.2) is 0 Å². The number of carbonyl (C=O) groups is 1. The Balaban J connectivity index is 0.00000306. The SMILES string of the molecule is CN(CCCc1ccccc1)C1CCC(C(C(N)=O)(c2ccccc2)c2ccccc2)C1.Cl. The molecule has 0 saturated heterocycles. The Morgan fingerprint density at radius 1 is 0.879 bits per heavy atom. The van der Waals surface area contributed by atoms with Gasteiger partial charge in [0.1, 0.15) is 5.41 Å². The Bertz CT molecular complexity index is 954. The summed E-state index contributed by atoms with van der Waals surface area (Å²) in [5, 5.41) is 0. The molecular weight excluding hydrogens is 428 g/mol. The maximum absolute atomic E-state index is 13.2. The number of halogens is 1. The van der Waals surface area contributed by atoms with Gasteiger partial charge in [0.2, 0.25) is 5.91 Å². The molecule has 1 aliphatic carbocycles. The minimum absolute atomic E-state index is 0. The molecule has 3 aromatic carbocycles. The minimum Gasteiger partial charge on any atom is -0.369 e. The molecule has 0 aliphatic heterocycles. The summed E-state index contributed by atoms with van der Waals surface area (Å²) in [5.74, 6) is -0.0568. The number of rotatable bonds is 9. The van der Waals surface area contributed by atoms with Gasteiger partial charge >= 0.3 is 0 Å². The Morgan fingerprint density at radius 2 is 1.39 bits per heavy atom. The van der Waals surface area contributed by atoms with Gasteiger partial charge in [0, 0.05) is 6.04 Å². The van der Waals surface area contributed by atoms with Crippen LogP contribution in [0.4, 0.5) is 0 Å². The second-order valence-corrected chi connectivity index (χ2v) is 9.14. The van der Waals surface area contributed by atoms with Crippen LogP contribution in [0, 0.1) is 5.92 Å². The van der Waals surface area contributed by atoms with Gasteiger partial charge in [-0.1, -0.05) is 91.0 Å². The molecule has 0 heterocycles. The van der Waals surface area contributed by atoms with E-state index in [1.54, 1.807) is 0 Å². The van der Waals surface area contributed by atoms with Crippen molar-refractivity contribution >= 4 is 18.3 Å². The average molecular weight is 463 g/mol. The molecule has 2 atom stereocenters. The van der Waals surface area contributed by atoms with Gasteiger partial charge < -0.3 is 10.6 Å². The van der Waals surface area contributed by atoms with Gasteiger partial charge in [0.25, 0.3) is 0 Å².